The van der Waals surface area contributed by atoms with Crippen molar-refractivity contribution in [3.8, 4) is 5.75 Å². The molecule has 7 heteroatoms. The molecule has 2 aromatic carbocycles. The Balaban J connectivity index is 1.41. The summed E-state index contributed by atoms with van der Waals surface area (Å²) in [5, 5.41) is 0. The highest BCUT2D eigenvalue weighted by molar-refractivity contribution is 7.86. The Morgan fingerprint density at radius 3 is 2.37 bits per heavy atom. The zero-order chi connectivity index (χ0) is 19.3. The Bertz CT molecular complexity index is 826. The van der Waals surface area contributed by atoms with Gasteiger partial charge in [0, 0.05) is 5.92 Å². The quantitative estimate of drug-likeness (QED) is 0.670. The van der Waals surface area contributed by atoms with Gasteiger partial charge in [0.2, 0.25) is 0 Å². The second kappa shape index (κ2) is 8.82. The molecule has 27 heavy (non-hydrogen) atoms. The smallest absolute Gasteiger partial charge is 0.296 e. The minimum atomic E-state index is -3.75. The highest BCUT2D eigenvalue weighted by atomic mass is 32.2. The first-order chi connectivity index (χ1) is 12.9. The van der Waals surface area contributed by atoms with Gasteiger partial charge in [0.1, 0.15) is 18.2 Å². The van der Waals surface area contributed by atoms with E-state index < -0.39 is 10.1 Å². The van der Waals surface area contributed by atoms with Gasteiger partial charge in [-0.05, 0) is 56.2 Å². The largest absolute Gasteiger partial charge is 0.491 e. The number of benzene rings is 2. The maximum absolute atomic E-state index is 12.9. The lowest BCUT2D eigenvalue weighted by molar-refractivity contribution is -0.0456. The number of aryl methyl sites for hydroxylation is 1. The summed E-state index contributed by atoms with van der Waals surface area (Å²) in [6.07, 6.45) is 1.47. The highest BCUT2D eigenvalue weighted by Crippen LogP contribution is 2.22. The molecule has 1 saturated heterocycles. The van der Waals surface area contributed by atoms with Crippen LogP contribution in [0.25, 0.3) is 0 Å². The normalized spacial score (nSPS) is 20.4. The van der Waals surface area contributed by atoms with Crippen molar-refractivity contribution >= 4 is 10.1 Å². The standard InChI is InChI=1S/C20H23FO5S/c1-15-2-10-20(11-3-15)27(22,23)26-13-16-4-7-19(24-12-16)14-25-18-8-5-17(21)6-9-18/h2-3,5-6,8-11,16,19H,4,7,12-14H2,1H3/t16-,19?/m0/s1. The predicted octanol–water partition coefficient (Wildman–Crippen LogP) is 3.71. The topological polar surface area (TPSA) is 61.8 Å². The summed E-state index contributed by atoms with van der Waals surface area (Å²) in [5.74, 6) is 0.307. The zero-order valence-corrected chi connectivity index (χ0v) is 16.0. The molecule has 0 amide bonds. The molecule has 2 aromatic rings. The molecule has 0 N–H and O–H groups in total. The van der Waals surface area contributed by atoms with Crippen molar-refractivity contribution in [3.63, 3.8) is 0 Å². The number of hydrogen-bond donors (Lipinski definition) is 0. The second-order valence-corrected chi connectivity index (χ2v) is 8.33. The molecule has 0 spiro atoms. The molecule has 0 radical (unpaired) electrons. The van der Waals surface area contributed by atoms with E-state index in [2.05, 4.69) is 0 Å². The van der Waals surface area contributed by atoms with Crippen LogP contribution in [0.4, 0.5) is 4.39 Å². The first-order valence-corrected chi connectivity index (χ1v) is 10.3. The van der Waals surface area contributed by atoms with E-state index in [9.17, 15) is 12.8 Å². The van der Waals surface area contributed by atoms with Crippen molar-refractivity contribution in [2.75, 3.05) is 19.8 Å². The van der Waals surface area contributed by atoms with E-state index >= 15 is 0 Å². The van der Waals surface area contributed by atoms with Gasteiger partial charge in [-0.1, -0.05) is 17.7 Å². The molecule has 0 saturated carbocycles. The van der Waals surface area contributed by atoms with Crippen LogP contribution in [0.5, 0.6) is 5.75 Å². The third kappa shape index (κ3) is 5.76. The third-order valence-electron chi connectivity index (χ3n) is 4.48. The Kier molecular flexibility index (Phi) is 6.46. The van der Waals surface area contributed by atoms with Gasteiger partial charge in [-0.15, -0.1) is 0 Å². The molecular formula is C20H23FO5S. The number of rotatable bonds is 7. The second-order valence-electron chi connectivity index (χ2n) is 6.72. The average molecular weight is 394 g/mol. The number of halogens is 1. The van der Waals surface area contributed by atoms with Gasteiger partial charge < -0.3 is 9.47 Å². The molecule has 3 rings (SSSR count). The van der Waals surface area contributed by atoms with Crippen LogP contribution in [0.2, 0.25) is 0 Å². The fourth-order valence-electron chi connectivity index (χ4n) is 2.80. The summed E-state index contributed by atoms with van der Waals surface area (Å²) in [4.78, 5) is 0.162. The molecule has 1 unspecified atom stereocenters. The minimum Gasteiger partial charge on any atom is -0.491 e. The van der Waals surface area contributed by atoms with Crippen molar-refractivity contribution in [2.45, 2.75) is 30.8 Å². The maximum atomic E-state index is 12.9. The maximum Gasteiger partial charge on any atom is 0.296 e. The van der Waals surface area contributed by atoms with Gasteiger partial charge in [-0.3, -0.25) is 4.18 Å². The first-order valence-electron chi connectivity index (χ1n) is 8.88. The molecule has 1 fully saturated rings. The SMILES string of the molecule is Cc1ccc(S(=O)(=O)OC[C@H]2CCC(COc3ccc(F)cc3)OC2)cc1. The Morgan fingerprint density at radius 2 is 1.74 bits per heavy atom. The molecule has 0 aromatic heterocycles. The van der Waals surface area contributed by atoms with Crippen LogP contribution in [0.1, 0.15) is 18.4 Å². The van der Waals surface area contributed by atoms with Crippen molar-refractivity contribution in [1.82, 2.24) is 0 Å². The molecule has 5 nitrogen and oxygen atoms in total. The lowest BCUT2D eigenvalue weighted by Gasteiger charge is -2.28. The lowest BCUT2D eigenvalue weighted by Crippen LogP contribution is -2.32. The summed E-state index contributed by atoms with van der Waals surface area (Å²) >= 11 is 0. The first kappa shape index (κ1) is 19.8. The van der Waals surface area contributed by atoms with Gasteiger partial charge in [-0.2, -0.15) is 8.42 Å². The lowest BCUT2D eigenvalue weighted by atomic mass is 10.00. The van der Waals surface area contributed by atoms with Crippen LogP contribution in [-0.2, 0) is 19.0 Å². The molecular weight excluding hydrogens is 371 g/mol. The van der Waals surface area contributed by atoms with Crippen molar-refractivity contribution in [3.05, 3.63) is 59.9 Å². The van der Waals surface area contributed by atoms with E-state index in [0.29, 0.717) is 19.0 Å². The van der Waals surface area contributed by atoms with E-state index in [1.807, 2.05) is 6.92 Å². The fourth-order valence-corrected chi connectivity index (χ4v) is 3.78. The van der Waals surface area contributed by atoms with Crippen LogP contribution in [0.3, 0.4) is 0 Å². The molecule has 0 aliphatic carbocycles. The Morgan fingerprint density at radius 1 is 1.04 bits per heavy atom. The Hall–Kier alpha value is -1.96. The minimum absolute atomic E-state index is 0.0206. The highest BCUT2D eigenvalue weighted by Gasteiger charge is 2.25. The van der Waals surface area contributed by atoms with E-state index in [-0.39, 0.29) is 29.3 Å². The van der Waals surface area contributed by atoms with E-state index in [0.717, 1.165) is 18.4 Å². The molecule has 1 aliphatic heterocycles. The summed E-state index contributed by atoms with van der Waals surface area (Å²) in [7, 11) is -3.75. The van der Waals surface area contributed by atoms with Gasteiger partial charge in [0.05, 0.1) is 24.2 Å². The van der Waals surface area contributed by atoms with Crippen LogP contribution < -0.4 is 4.74 Å². The number of ether oxygens (including phenoxy) is 2. The van der Waals surface area contributed by atoms with Gasteiger partial charge in [-0.25, -0.2) is 4.39 Å². The molecule has 1 heterocycles. The van der Waals surface area contributed by atoms with E-state index in [1.165, 1.54) is 12.1 Å². The molecule has 1 aliphatic rings. The summed E-state index contributed by atoms with van der Waals surface area (Å²) in [5.41, 5.74) is 0.989. The monoisotopic (exact) mass is 394 g/mol. The van der Waals surface area contributed by atoms with E-state index in [1.54, 1.807) is 36.4 Å². The zero-order valence-electron chi connectivity index (χ0n) is 15.1. The summed E-state index contributed by atoms with van der Waals surface area (Å²) < 4.78 is 53.9. The fraction of sp³-hybridized carbons (Fsp3) is 0.400. The van der Waals surface area contributed by atoms with Crippen LogP contribution in [0, 0.1) is 18.7 Å². The summed E-state index contributed by atoms with van der Waals surface area (Å²) in [6.45, 7) is 2.79. The molecule has 0 bridgehead atoms. The van der Waals surface area contributed by atoms with Crippen molar-refractivity contribution < 1.29 is 26.5 Å². The van der Waals surface area contributed by atoms with Crippen LogP contribution >= 0.6 is 0 Å². The van der Waals surface area contributed by atoms with E-state index in [4.69, 9.17) is 13.7 Å². The van der Waals surface area contributed by atoms with Crippen molar-refractivity contribution in [2.24, 2.45) is 5.92 Å². The van der Waals surface area contributed by atoms with Crippen LogP contribution in [-0.4, -0.2) is 34.3 Å². The molecule has 146 valence electrons. The van der Waals surface area contributed by atoms with Crippen molar-refractivity contribution in [1.29, 1.82) is 0 Å². The van der Waals surface area contributed by atoms with Gasteiger partial charge in [0.15, 0.2) is 0 Å². The number of hydrogen-bond acceptors (Lipinski definition) is 5. The summed E-state index contributed by atoms with van der Waals surface area (Å²) in [6, 6.07) is 12.4. The average Bonchev–Trinajstić information content (AvgIpc) is 2.67. The predicted molar refractivity (Wildman–Crippen MR) is 98.7 cm³/mol. The van der Waals surface area contributed by atoms with Gasteiger partial charge in [0.25, 0.3) is 10.1 Å². The van der Waals surface area contributed by atoms with Crippen LogP contribution in [0.15, 0.2) is 53.4 Å². The molecule has 2 atom stereocenters. The Labute approximate surface area is 159 Å². The van der Waals surface area contributed by atoms with Gasteiger partial charge >= 0.3 is 0 Å². The third-order valence-corrected chi connectivity index (χ3v) is 5.78.